The Morgan fingerprint density at radius 3 is 2.86 bits per heavy atom. The average Bonchev–Trinajstić information content (AvgIpc) is 3.11. The first kappa shape index (κ1) is 19.9. The van der Waals surface area contributed by atoms with Gasteiger partial charge in [0.15, 0.2) is 0 Å². The van der Waals surface area contributed by atoms with Crippen LogP contribution in [0.15, 0.2) is 30.5 Å². The van der Waals surface area contributed by atoms with Crippen LogP contribution in [0.2, 0.25) is 5.15 Å². The number of halogens is 2. The third-order valence-corrected chi connectivity index (χ3v) is 6.08. The molecule has 1 N–H and O–H groups in total. The lowest BCUT2D eigenvalue weighted by Crippen LogP contribution is -2.46. The van der Waals surface area contributed by atoms with Gasteiger partial charge in [-0.05, 0) is 25.0 Å². The number of pyridine rings is 1. The van der Waals surface area contributed by atoms with Crippen molar-refractivity contribution in [3.63, 3.8) is 0 Å². The van der Waals surface area contributed by atoms with Gasteiger partial charge in [-0.15, -0.1) is 0 Å². The minimum atomic E-state index is -1.09. The highest BCUT2D eigenvalue weighted by Gasteiger charge is 2.36. The maximum Gasteiger partial charge on any atom is 0.237 e. The minimum absolute atomic E-state index is 0.0353. The molecule has 2 aromatic rings. The molecule has 1 amide bonds. The number of nitrogens with zero attached hydrogens (tertiary/aromatic N) is 4. The summed E-state index contributed by atoms with van der Waals surface area (Å²) in [6.07, 6.45) is 2.53. The molecule has 152 valence electrons. The molecule has 1 aromatic heterocycles. The van der Waals surface area contributed by atoms with Gasteiger partial charge in [0, 0.05) is 48.2 Å². The Bertz CT molecular complexity index is 940. The molecule has 2 atom stereocenters. The summed E-state index contributed by atoms with van der Waals surface area (Å²) in [5.74, 6) is -0.153. The number of hydrogen-bond acceptors (Lipinski definition) is 5. The second-order valence-corrected chi connectivity index (χ2v) is 8.08. The Labute approximate surface area is 174 Å². The van der Waals surface area contributed by atoms with Crippen LogP contribution in [0.3, 0.4) is 0 Å². The van der Waals surface area contributed by atoms with E-state index in [-0.39, 0.29) is 25.4 Å². The molecule has 0 bridgehead atoms. The Kier molecular flexibility index (Phi) is 5.84. The monoisotopic (exact) mass is 415 g/mol. The van der Waals surface area contributed by atoms with Crippen LogP contribution in [0.4, 0.5) is 10.1 Å². The van der Waals surface area contributed by atoms with Crippen molar-refractivity contribution in [3.8, 4) is 6.07 Å². The molecular formula is C21H23ClFN5O. The zero-order chi connectivity index (χ0) is 20.4. The molecule has 4 rings (SSSR count). The number of carbonyl (C=O) groups is 1. The number of amides is 1. The molecule has 2 aliphatic rings. The number of anilines is 1. The Hall–Kier alpha value is -2.43. The van der Waals surface area contributed by atoms with Gasteiger partial charge in [0.25, 0.3) is 0 Å². The number of alkyl halides is 1. The van der Waals surface area contributed by atoms with Crippen molar-refractivity contribution in [1.82, 2.24) is 14.8 Å². The Balaban J connectivity index is 1.33. The summed E-state index contributed by atoms with van der Waals surface area (Å²) in [6, 6.07) is 9.62. The van der Waals surface area contributed by atoms with Crippen molar-refractivity contribution < 1.29 is 9.18 Å². The van der Waals surface area contributed by atoms with E-state index in [9.17, 15) is 9.18 Å². The smallest absolute Gasteiger partial charge is 0.237 e. The van der Waals surface area contributed by atoms with Crippen molar-refractivity contribution in [2.24, 2.45) is 0 Å². The van der Waals surface area contributed by atoms with E-state index in [0.717, 1.165) is 42.4 Å². The van der Waals surface area contributed by atoms with E-state index in [1.165, 1.54) is 4.90 Å². The summed E-state index contributed by atoms with van der Waals surface area (Å²) in [7, 11) is 0. The Morgan fingerprint density at radius 1 is 1.31 bits per heavy atom. The van der Waals surface area contributed by atoms with Crippen LogP contribution in [0.1, 0.15) is 19.3 Å². The predicted molar refractivity (Wildman–Crippen MR) is 110 cm³/mol. The molecule has 0 radical (unpaired) electrons. The predicted octanol–water partition coefficient (Wildman–Crippen LogP) is 3.23. The summed E-state index contributed by atoms with van der Waals surface area (Å²) >= 11 is 6.20. The van der Waals surface area contributed by atoms with E-state index in [1.807, 2.05) is 30.3 Å². The number of nitriles is 1. The molecule has 0 saturated carbocycles. The summed E-state index contributed by atoms with van der Waals surface area (Å²) in [4.78, 5) is 20.1. The number of hydrogen-bond donors (Lipinski definition) is 1. The first-order chi connectivity index (χ1) is 14.0. The highest BCUT2D eigenvalue weighted by Crippen LogP contribution is 2.29. The SMILES string of the molecule is N#CC1C[C@H](F)CN1C(=O)CN1CCC(Nc2cccc3c(Cl)nccc23)CC1. The second kappa shape index (κ2) is 8.52. The van der Waals surface area contributed by atoms with Gasteiger partial charge in [-0.3, -0.25) is 9.69 Å². The lowest BCUT2D eigenvalue weighted by molar-refractivity contribution is -0.132. The van der Waals surface area contributed by atoms with Crippen LogP contribution in [0, 0.1) is 11.3 Å². The number of aromatic nitrogens is 1. The first-order valence-corrected chi connectivity index (χ1v) is 10.3. The number of likely N-dealkylation sites (tertiary alicyclic amines) is 2. The second-order valence-electron chi connectivity index (χ2n) is 7.72. The van der Waals surface area contributed by atoms with E-state index in [2.05, 4.69) is 15.2 Å². The van der Waals surface area contributed by atoms with E-state index in [4.69, 9.17) is 16.9 Å². The molecule has 3 heterocycles. The summed E-state index contributed by atoms with van der Waals surface area (Å²) < 4.78 is 13.6. The third-order valence-electron chi connectivity index (χ3n) is 5.78. The van der Waals surface area contributed by atoms with Crippen LogP contribution in [-0.2, 0) is 4.79 Å². The van der Waals surface area contributed by atoms with Crippen LogP contribution in [-0.4, -0.2) is 65.1 Å². The topological polar surface area (TPSA) is 72.3 Å². The minimum Gasteiger partial charge on any atom is -0.382 e. The number of nitrogens with one attached hydrogen (secondary N) is 1. The van der Waals surface area contributed by atoms with Gasteiger partial charge in [0.05, 0.1) is 19.2 Å². The highest BCUT2D eigenvalue weighted by molar-refractivity contribution is 6.34. The van der Waals surface area contributed by atoms with Gasteiger partial charge in [-0.25, -0.2) is 9.37 Å². The van der Waals surface area contributed by atoms with Crippen molar-refractivity contribution in [2.45, 2.75) is 37.5 Å². The molecule has 2 aliphatic heterocycles. The van der Waals surface area contributed by atoms with Gasteiger partial charge in [0.1, 0.15) is 17.4 Å². The highest BCUT2D eigenvalue weighted by atomic mass is 35.5. The first-order valence-electron chi connectivity index (χ1n) is 9.90. The fourth-order valence-electron chi connectivity index (χ4n) is 4.22. The fourth-order valence-corrected chi connectivity index (χ4v) is 4.44. The number of fused-ring (bicyclic) bond motifs is 1. The van der Waals surface area contributed by atoms with Crippen LogP contribution < -0.4 is 5.32 Å². The third kappa shape index (κ3) is 4.29. The van der Waals surface area contributed by atoms with Crippen molar-refractivity contribution >= 4 is 34.0 Å². The molecule has 0 aliphatic carbocycles. The van der Waals surface area contributed by atoms with E-state index in [1.54, 1.807) is 6.20 Å². The zero-order valence-electron chi connectivity index (χ0n) is 16.0. The van der Waals surface area contributed by atoms with Gasteiger partial charge in [-0.2, -0.15) is 5.26 Å². The fraction of sp³-hybridized carbons (Fsp3) is 0.476. The Morgan fingerprint density at radius 2 is 2.10 bits per heavy atom. The van der Waals surface area contributed by atoms with Crippen molar-refractivity contribution in [1.29, 1.82) is 5.26 Å². The molecule has 8 heteroatoms. The van der Waals surface area contributed by atoms with Crippen LogP contribution in [0.25, 0.3) is 10.8 Å². The summed E-state index contributed by atoms with van der Waals surface area (Å²) in [5, 5.41) is 15.2. The standard InChI is InChI=1S/C21H23ClFN5O/c22-21-18-2-1-3-19(17(18)4-7-25-21)26-15-5-8-27(9-6-15)13-20(29)28-12-14(23)10-16(28)11-24/h1-4,7,14-16,26H,5-6,8-10,12-13H2/t14-,16?/m0/s1. The van der Waals surface area contributed by atoms with Crippen LogP contribution in [0.5, 0.6) is 0 Å². The van der Waals surface area contributed by atoms with E-state index >= 15 is 0 Å². The maximum atomic E-state index is 13.6. The molecule has 2 saturated heterocycles. The molecule has 2 fully saturated rings. The van der Waals surface area contributed by atoms with E-state index in [0.29, 0.717) is 11.2 Å². The number of rotatable bonds is 4. The average molecular weight is 416 g/mol. The number of piperidine rings is 1. The normalized spacial score (nSPS) is 23.3. The quantitative estimate of drug-likeness (QED) is 0.776. The maximum absolute atomic E-state index is 13.6. The number of benzene rings is 1. The number of carbonyl (C=O) groups excluding carboxylic acids is 1. The molecule has 1 unspecified atom stereocenters. The van der Waals surface area contributed by atoms with Gasteiger partial charge >= 0.3 is 0 Å². The van der Waals surface area contributed by atoms with Crippen molar-refractivity contribution in [3.05, 3.63) is 35.6 Å². The molecule has 1 aromatic carbocycles. The lowest BCUT2D eigenvalue weighted by atomic mass is 10.0. The largest absolute Gasteiger partial charge is 0.382 e. The molecular weight excluding hydrogens is 393 g/mol. The molecule has 6 nitrogen and oxygen atoms in total. The van der Waals surface area contributed by atoms with E-state index < -0.39 is 12.2 Å². The van der Waals surface area contributed by atoms with Gasteiger partial charge < -0.3 is 10.2 Å². The van der Waals surface area contributed by atoms with Crippen molar-refractivity contribution in [2.75, 3.05) is 31.5 Å². The molecule has 29 heavy (non-hydrogen) atoms. The van der Waals surface area contributed by atoms with Crippen LogP contribution >= 0.6 is 11.6 Å². The summed E-state index contributed by atoms with van der Waals surface area (Å²) in [6.45, 7) is 1.84. The zero-order valence-corrected chi connectivity index (χ0v) is 16.8. The van der Waals surface area contributed by atoms with Gasteiger partial charge in [0.2, 0.25) is 5.91 Å². The van der Waals surface area contributed by atoms with Gasteiger partial charge in [-0.1, -0.05) is 23.7 Å². The lowest BCUT2D eigenvalue weighted by Gasteiger charge is -2.33. The summed E-state index contributed by atoms with van der Waals surface area (Å²) in [5.41, 5.74) is 1.03. The molecule has 0 spiro atoms.